The van der Waals surface area contributed by atoms with Crippen LogP contribution in [0, 0.1) is 0 Å². The molecule has 6 nitrogen and oxygen atoms in total. The molecule has 3 rings (SSSR count). The summed E-state index contributed by atoms with van der Waals surface area (Å²) in [4.78, 5) is 21.9. The molecule has 1 unspecified atom stereocenters. The van der Waals surface area contributed by atoms with E-state index < -0.39 is 11.9 Å². The average Bonchev–Trinajstić information content (AvgIpc) is 2.53. The lowest BCUT2D eigenvalue weighted by Crippen LogP contribution is -2.37. The molecule has 1 aromatic heterocycles. The largest absolute Gasteiger partial charge is 0.481 e. The second-order valence-electron chi connectivity index (χ2n) is 4.87. The molecule has 6 heteroatoms. The van der Waals surface area contributed by atoms with E-state index in [1.165, 1.54) is 7.11 Å². The molecule has 0 aliphatic carbocycles. The van der Waals surface area contributed by atoms with Crippen molar-refractivity contribution in [1.29, 1.82) is 0 Å². The summed E-state index contributed by atoms with van der Waals surface area (Å²) in [6.07, 6.45) is 1.61. The fraction of sp³-hybridized carbons (Fsp3) is 0.267. The first-order valence-corrected chi connectivity index (χ1v) is 6.61. The van der Waals surface area contributed by atoms with Gasteiger partial charge in [-0.25, -0.2) is 4.98 Å². The molecule has 1 atom stereocenters. The normalized spacial score (nSPS) is 17.2. The monoisotopic (exact) mass is 285 g/mol. The Bertz CT molecular complexity index is 675. The number of methoxy groups -OCH3 is 1. The van der Waals surface area contributed by atoms with Crippen LogP contribution in [0.4, 0.5) is 5.95 Å². The summed E-state index contributed by atoms with van der Waals surface area (Å²) in [6.45, 7) is 0.937. The first kappa shape index (κ1) is 13.4. The zero-order valence-electron chi connectivity index (χ0n) is 11.6. The standard InChI is InChI=1S/C15H15N3O3/c1-21-13-6-7-16-15(17-13)18-8-10-4-2-3-5-11(10)12(9-18)14(19)20/h2-7,12H,8-9H2,1H3,(H,19,20). The quantitative estimate of drug-likeness (QED) is 0.924. The zero-order chi connectivity index (χ0) is 14.8. The number of aromatic nitrogens is 2. The topological polar surface area (TPSA) is 75.5 Å². The molecule has 0 fully saturated rings. The van der Waals surface area contributed by atoms with Gasteiger partial charge in [0.2, 0.25) is 11.8 Å². The van der Waals surface area contributed by atoms with Crippen LogP contribution in [0.1, 0.15) is 17.0 Å². The highest BCUT2D eigenvalue weighted by Crippen LogP contribution is 2.30. The molecular formula is C15H15N3O3. The number of anilines is 1. The van der Waals surface area contributed by atoms with Crippen molar-refractivity contribution >= 4 is 11.9 Å². The first-order chi connectivity index (χ1) is 10.2. The van der Waals surface area contributed by atoms with Gasteiger partial charge < -0.3 is 14.7 Å². The Kier molecular flexibility index (Phi) is 3.43. The Morgan fingerprint density at radius 2 is 2.19 bits per heavy atom. The molecule has 0 saturated heterocycles. The van der Waals surface area contributed by atoms with Crippen molar-refractivity contribution in [3.63, 3.8) is 0 Å². The van der Waals surface area contributed by atoms with Gasteiger partial charge in [0, 0.05) is 25.4 Å². The van der Waals surface area contributed by atoms with E-state index >= 15 is 0 Å². The number of benzene rings is 1. The molecule has 21 heavy (non-hydrogen) atoms. The molecule has 0 bridgehead atoms. The van der Waals surface area contributed by atoms with E-state index in [0.717, 1.165) is 11.1 Å². The van der Waals surface area contributed by atoms with E-state index in [-0.39, 0.29) is 0 Å². The van der Waals surface area contributed by atoms with Crippen LogP contribution >= 0.6 is 0 Å². The number of aliphatic carboxylic acids is 1. The number of carbonyl (C=O) groups is 1. The highest BCUT2D eigenvalue weighted by atomic mass is 16.5. The molecule has 2 heterocycles. The molecule has 1 N–H and O–H groups in total. The van der Waals surface area contributed by atoms with Gasteiger partial charge in [0.15, 0.2) is 0 Å². The summed E-state index contributed by atoms with van der Waals surface area (Å²) < 4.78 is 5.10. The van der Waals surface area contributed by atoms with E-state index in [1.807, 2.05) is 29.2 Å². The predicted octanol–water partition coefficient (Wildman–Crippen LogP) is 1.67. The Morgan fingerprint density at radius 1 is 1.38 bits per heavy atom. The van der Waals surface area contributed by atoms with Gasteiger partial charge in [-0.1, -0.05) is 24.3 Å². The average molecular weight is 285 g/mol. The number of hydrogen-bond acceptors (Lipinski definition) is 5. The van der Waals surface area contributed by atoms with Crippen LogP contribution in [-0.2, 0) is 11.3 Å². The van der Waals surface area contributed by atoms with Crippen molar-refractivity contribution in [2.75, 3.05) is 18.6 Å². The second-order valence-corrected chi connectivity index (χ2v) is 4.87. The SMILES string of the molecule is COc1ccnc(N2Cc3ccccc3C(C(=O)O)C2)n1. The van der Waals surface area contributed by atoms with E-state index in [1.54, 1.807) is 12.3 Å². The fourth-order valence-electron chi connectivity index (χ4n) is 2.57. The van der Waals surface area contributed by atoms with Gasteiger partial charge in [-0.2, -0.15) is 4.98 Å². The van der Waals surface area contributed by atoms with Gasteiger partial charge in [-0.05, 0) is 11.1 Å². The van der Waals surface area contributed by atoms with Gasteiger partial charge in [0.05, 0.1) is 13.0 Å². The highest BCUT2D eigenvalue weighted by molar-refractivity contribution is 5.78. The number of hydrogen-bond donors (Lipinski definition) is 1. The van der Waals surface area contributed by atoms with Gasteiger partial charge in [0.25, 0.3) is 0 Å². The van der Waals surface area contributed by atoms with Gasteiger partial charge in [0.1, 0.15) is 0 Å². The Morgan fingerprint density at radius 3 is 2.95 bits per heavy atom. The molecule has 0 radical (unpaired) electrons. The molecule has 0 spiro atoms. The smallest absolute Gasteiger partial charge is 0.312 e. The summed E-state index contributed by atoms with van der Waals surface area (Å²) in [6, 6.07) is 9.26. The summed E-state index contributed by atoms with van der Waals surface area (Å²) in [5.41, 5.74) is 1.85. The number of ether oxygens (including phenoxy) is 1. The summed E-state index contributed by atoms with van der Waals surface area (Å²) in [7, 11) is 1.54. The van der Waals surface area contributed by atoms with Crippen molar-refractivity contribution in [3.8, 4) is 5.88 Å². The maximum atomic E-state index is 11.5. The van der Waals surface area contributed by atoms with Gasteiger partial charge in [-0.3, -0.25) is 4.79 Å². The van der Waals surface area contributed by atoms with Crippen LogP contribution in [-0.4, -0.2) is 34.7 Å². The van der Waals surface area contributed by atoms with Gasteiger partial charge >= 0.3 is 5.97 Å². The minimum Gasteiger partial charge on any atom is -0.481 e. The summed E-state index contributed by atoms with van der Waals surface area (Å²) in [5.74, 6) is -0.472. The third-order valence-electron chi connectivity index (χ3n) is 3.60. The van der Waals surface area contributed by atoms with E-state index in [9.17, 15) is 9.90 Å². The Hall–Kier alpha value is -2.63. The molecule has 1 aromatic carbocycles. The second kappa shape index (κ2) is 5.40. The van der Waals surface area contributed by atoms with Crippen molar-refractivity contribution < 1.29 is 14.6 Å². The molecule has 0 amide bonds. The van der Waals surface area contributed by atoms with Crippen molar-refractivity contribution in [2.24, 2.45) is 0 Å². The summed E-state index contributed by atoms with van der Waals surface area (Å²) >= 11 is 0. The van der Waals surface area contributed by atoms with E-state index in [0.29, 0.717) is 24.9 Å². The molecular weight excluding hydrogens is 270 g/mol. The number of fused-ring (bicyclic) bond motifs is 1. The van der Waals surface area contributed by atoms with Crippen LogP contribution < -0.4 is 9.64 Å². The lowest BCUT2D eigenvalue weighted by molar-refractivity contribution is -0.138. The maximum Gasteiger partial charge on any atom is 0.312 e. The molecule has 0 saturated carbocycles. The van der Waals surface area contributed by atoms with Crippen molar-refractivity contribution in [3.05, 3.63) is 47.7 Å². The lowest BCUT2D eigenvalue weighted by atomic mass is 9.90. The minimum absolute atomic E-state index is 0.347. The highest BCUT2D eigenvalue weighted by Gasteiger charge is 2.31. The fourth-order valence-corrected chi connectivity index (χ4v) is 2.57. The van der Waals surface area contributed by atoms with Crippen LogP contribution in [0.2, 0.25) is 0 Å². The van der Waals surface area contributed by atoms with Crippen molar-refractivity contribution in [1.82, 2.24) is 9.97 Å². The molecule has 108 valence electrons. The predicted molar refractivity (Wildman–Crippen MR) is 76.5 cm³/mol. The Labute approximate surface area is 122 Å². The number of carboxylic acids is 1. The first-order valence-electron chi connectivity index (χ1n) is 6.61. The van der Waals surface area contributed by atoms with Crippen LogP contribution in [0.3, 0.4) is 0 Å². The minimum atomic E-state index is -0.838. The lowest BCUT2D eigenvalue weighted by Gasteiger charge is -2.32. The number of carboxylic acid groups (broad SMARTS) is 1. The third-order valence-corrected chi connectivity index (χ3v) is 3.60. The van der Waals surface area contributed by atoms with Gasteiger partial charge in [-0.15, -0.1) is 0 Å². The third kappa shape index (κ3) is 2.52. The van der Waals surface area contributed by atoms with Crippen LogP contribution in [0.15, 0.2) is 36.5 Å². The van der Waals surface area contributed by atoms with Crippen LogP contribution in [0.5, 0.6) is 5.88 Å². The summed E-state index contributed by atoms with van der Waals surface area (Å²) in [5, 5.41) is 9.46. The van der Waals surface area contributed by atoms with E-state index in [4.69, 9.17) is 4.74 Å². The number of rotatable bonds is 3. The van der Waals surface area contributed by atoms with Crippen molar-refractivity contribution in [2.45, 2.75) is 12.5 Å². The Balaban J connectivity index is 1.97. The van der Waals surface area contributed by atoms with E-state index in [2.05, 4.69) is 9.97 Å². The zero-order valence-corrected chi connectivity index (χ0v) is 11.6. The molecule has 1 aliphatic rings. The molecule has 2 aromatic rings. The maximum absolute atomic E-state index is 11.5. The number of nitrogens with zero attached hydrogens (tertiary/aromatic N) is 3. The van der Waals surface area contributed by atoms with Crippen LogP contribution in [0.25, 0.3) is 0 Å². The molecule has 1 aliphatic heterocycles.